The van der Waals surface area contributed by atoms with Crippen LogP contribution in [0.4, 0.5) is 0 Å². The molecule has 0 amide bonds. The molecular weight excluding hydrogens is 454 g/mol. The molecule has 0 spiro atoms. The Bertz CT molecular complexity index is 712. The van der Waals surface area contributed by atoms with Crippen molar-refractivity contribution in [1.29, 1.82) is 0 Å². The van der Waals surface area contributed by atoms with Crippen molar-refractivity contribution in [3.63, 3.8) is 0 Å². The summed E-state index contributed by atoms with van der Waals surface area (Å²) in [5.74, 6) is 0. The molecule has 150 valence electrons. The third-order valence-corrected chi connectivity index (χ3v) is 22.7. The predicted molar refractivity (Wildman–Crippen MR) is 124 cm³/mol. The van der Waals surface area contributed by atoms with Crippen LogP contribution in [-0.2, 0) is 17.4 Å². The zero-order valence-corrected chi connectivity index (χ0v) is 24.1. The third kappa shape index (κ3) is 4.97. The van der Waals surface area contributed by atoms with E-state index >= 15 is 0 Å². The summed E-state index contributed by atoms with van der Waals surface area (Å²) in [6.45, 7) is 21.4. The summed E-state index contributed by atoms with van der Waals surface area (Å²) in [5, 5.41) is 0. The van der Waals surface area contributed by atoms with E-state index in [9.17, 15) is 0 Å². The number of hydrogen-bond acceptors (Lipinski definition) is 0. The summed E-state index contributed by atoms with van der Waals surface area (Å²) in [6, 6.07) is 0. The first-order chi connectivity index (χ1) is 10.5. The monoisotopic (exact) mass is 492 g/mol. The van der Waals surface area contributed by atoms with E-state index in [4.69, 9.17) is 0 Å². The van der Waals surface area contributed by atoms with E-state index in [0.717, 1.165) is 0 Å². The number of halogens is 2. The van der Waals surface area contributed by atoms with Crippen molar-refractivity contribution in [1.82, 2.24) is 0 Å². The number of hydrogen-bond donors (Lipinski definition) is 0. The molecule has 0 aromatic rings. The molecule has 0 atom stereocenters. The molecular formula is C22H40Cl2SiZr. The van der Waals surface area contributed by atoms with Gasteiger partial charge in [-0.15, -0.1) is 24.8 Å². The van der Waals surface area contributed by atoms with E-state index in [1.165, 1.54) is 12.8 Å². The Hall–Kier alpha value is 0.640. The van der Waals surface area contributed by atoms with Crippen molar-refractivity contribution >= 4 is 31.7 Å². The first-order valence-corrected chi connectivity index (χ1v) is 22.7. The minimum absolute atomic E-state index is 0. The second-order valence-corrected chi connectivity index (χ2v) is 40.0. The zero-order chi connectivity index (χ0) is 18.7. The Morgan fingerprint density at radius 1 is 0.731 bits per heavy atom. The fourth-order valence-electron chi connectivity index (χ4n) is 4.47. The SMILES string of the molecule is CC1=CC(C(C)(C)C)=[C]([Zr]([CH3])([CH3])(=[SiH2])[C]2=C(C(C)(C)C)C=C(C)C2)C1.Cl.Cl. The van der Waals surface area contributed by atoms with Crippen LogP contribution in [0.2, 0.25) is 9.26 Å². The van der Waals surface area contributed by atoms with E-state index in [2.05, 4.69) is 83.7 Å². The maximum Gasteiger partial charge on any atom is -0.147 e. The van der Waals surface area contributed by atoms with Crippen LogP contribution in [0, 0.1) is 10.8 Å². The summed E-state index contributed by atoms with van der Waals surface area (Å²) in [6.07, 6.45) is 7.45. The third-order valence-electron chi connectivity index (χ3n) is 5.89. The van der Waals surface area contributed by atoms with Crippen LogP contribution in [0.3, 0.4) is 0 Å². The second-order valence-electron chi connectivity index (χ2n) is 11.3. The predicted octanol–water partition coefficient (Wildman–Crippen LogP) is 7.46. The van der Waals surface area contributed by atoms with E-state index in [-0.39, 0.29) is 35.6 Å². The second kappa shape index (κ2) is 7.81. The summed E-state index contributed by atoms with van der Waals surface area (Å²) in [5.41, 5.74) is 6.92. The molecule has 0 aromatic carbocycles. The molecule has 0 N–H and O–H groups in total. The van der Waals surface area contributed by atoms with Gasteiger partial charge in [-0.25, -0.2) is 0 Å². The summed E-state index contributed by atoms with van der Waals surface area (Å²) >= 11 is -3.15. The van der Waals surface area contributed by atoms with Crippen LogP contribution in [-0.4, -0.2) is 6.88 Å². The van der Waals surface area contributed by atoms with Crippen molar-refractivity contribution in [2.75, 3.05) is 0 Å². The first kappa shape index (κ1) is 26.6. The standard InChI is InChI=1S/2C10H15.2CH3.2ClH.H2Si.Zr/c2*1-8-5-6-9(7-8)10(2,3)4;;;;;;/h2*7H,5H2,1-4H3;2*1H3;2*1H;1H2;. The summed E-state index contributed by atoms with van der Waals surface area (Å²) in [4.78, 5) is 0. The van der Waals surface area contributed by atoms with Gasteiger partial charge in [-0.3, -0.25) is 0 Å². The molecule has 0 heterocycles. The van der Waals surface area contributed by atoms with Gasteiger partial charge in [0, 0.05) is 0 Å². The van der Waals surface area contributed by atoms with Gasteiger partial charge in [-0.2, -0.15) is 0 Å². The quantitative estimate of drug-likeness (QED) is 0.349. The molecule has 0 bridgehead atoms. The molecule has 4 heteroatoms. The topological polar surface area (TPSA) is 0 Å². The molecule has 2 aliphatic carbocycles. The molecule has 2 aliphatic rings. The van der Waals surface area contributed by atoms with Crippen molar-refractivity contribution < 1.29 is 17.4 Å². The zero-order valence-electron chi connectivity index (χ0n) is 18.6. The fourth-order valence-corrected chi connectivity index (χ4v) is 19.7. The van der Waals surface area contributed by atoms with Gasteiger partial charge in [-0.05, 0) is 0 Å². The van der Waals surface area contributed by atoms with Gasteiger partial charge in [-0.1, -0.05) is 0 Å². The summed E-state index contributed by atoms with van der Waals surface area (Å²) in [7, 11) is 0. The van der Waals surface area contributed by atoms with Crippen LogP contribution in [0.15, 0.2) is 41.0 Å². The fraction of sp³-hybridized carbons (Fsp3) is 0.636. The Morgan fingerprint density at radius 3 is 1.23 bits per heavy atom. The van der Waals surface area contributed by atoms with Gasteiger partial charge < -0.3 is 0 Å². The number of rotatable bonds is 2. The Morgan fingerprint density at radius 2 is 1.00 bits per heavy atom. The van der Waals surface area contributed by atoms with Crippen molar-refractivity contribution in [3.05, 3.63) is 41.0 Å². The smallest absolute Gasteiger partial charge is 0.147 e. The van der Waals surface area contributed by atoms with Crippen molar-refractivity contribution in [2.24, 2.45) is 10.8 Å². The molecule has 0 unspecified atom stereocenters. The van der Waals surface area contributed by atoms with Gasteiger partial charge in [0.2, 0.25) is 0 Å². The van der Waals surface area contributed by atoms with Crippen LogP contribution in [0.5, 0.6) is 0 Å². The van der Waals surface area contributed by atoms with E-state index in [0.29, 0.717) is 0 Å². The van der Waals surface area contributed by atoms with Gasteiger partial charge in [0.25, 0.3) is 0 Å². The van der Waals surface area contributed by atoms with Gasteiger partial charge in [0.15, 0.2) is 0 Å². The number of allylic oxidation sites excluding steroid dienone is 8. The molecule has 0 aliphatic heterocycles. The Labute approximate surface area is 177 Å². The van der Waals surface area contributed by atoms with Crippen molar-refractivity contribution in [2.45, 2.75) is 77.5 Å². The van der Waals surface area contributed by atoms with Crippen molar-refractivity contribution in [3.8, 4) is 0 Å². The van der Waals surface area contributed by atoms with Gasteiger partial charge in [0.1, 0.15) is 0 Å². The maximum atomic E-state index is 2.70. The Kier molecular flexibility index (Phi) is 8.00. The van der Waals surface area contributed by atoms with Crippen LogP contribution in [0.25, 0.3) is 0 Å². The molecule has 0 radical (unpaired) electrons. The molecule has 26 heavy (non-hydrogen) atoms. The van der Waals surface area contributed by atoms with E-state index < -0.39 is 17.4 Å². The Balaban J connectivity index is 0.00000312. The molecule has 0 fully saturated rings. The molecule has 0 saturated carbocycles. The molecule has 0 nitrogen and oxygen atoms in total. The van der Waals surface area contributed by atoms with Crippen LogP contribution >= 0.6 is 24.8 Å². The maximum absolute atomic E-state index is 3.15. The normalized spacial score (nSPS) is 19.2. The molecule has 2 rings (SSSR count). The van der Waals surface area contributed by atoms with Gasteiger partial charge in [0.05, 0.1) is 0 Å². The minimum atomic E-state index is -3.15. The average Bonchev–Trinajstić information content (AvgIpc) is 2.91. The van der Waals surface area contributed by atoms with Crippen LogP contribution in [0.1, 0.15) is 68.2 Å². The molecule has 0 saturated heterocycles. The van der Waals surface area contributed by atoms with Crippen LogP contribution < -0.4 is 0 Å². The van der Waals surface area contributed by atoms with E-state index in [1.807, 2.05) is 6.56 Å². The summed E-state index contributed by atoms with van der Waals surface area (Å²) < 4.78 is 9.08. The van der Waals surface area contributed by atoms with E-state index in [1.54, 1.807) is 22.3 Å². The van der Waals surface area contributed by atoms with Gasteiger partial charge >= 0.3 is 154 Å². The largest absolute Gasteiger partial charge is 0.147 e. The minimum Gasteiger partial charge on any atom is -0.147 e. The average molecular weight is 495 g/mol. The first-order valence-electron chi connectivity index (χ1n) is 9.42. The molecule has 0 aromatic heterocycles.